The van der Waals surface area contributed by atoms with Gasteiger partial charge < -0.3 is 16.5 Å². The van der Waals surface area contributed by atoms with Crippen molar-refractivity contribution in [1.82, 2.24) is 4.90 Å². The summed E-state index contributed by atoms with van der Waals surface area (Å²) in [4.78, 5) is 24.8. The van der Waals surface area contributed by atoms with Gasteiger partial charge in [-0.15, -0.1) is 11.8 Å². The summed E-state index contributed by atoms with van der Waals surface area (Å²) in [7, 11) is 0. The Morgan fingerprint density at radius 3 is 2.50 bits per heavy atom. The largest absolute Gasteiger partial charge is 1.00 e. The summed E-state index contributed by atoms with van der Waals surface area (Å²) in [5.41, 5.74) is 0.634. The van der Waals surface area contributed by atoms with Crippen LogP contribution in [0.3, 0.4) is 0 Å². The van der Waals surface area contributed by atoms with Crippen LogP contribution in [0.1, 0.15) is 37.3 Å². The van der Waals surface area contributed by atoms with E-state index in [1.165, 1.54) is 36.0 Å². The molecule has 6 nitrogen and oxygen atoms in total. The van der Waals surface area contributed by atoms with Crippen LogP contribution in [0, 0.1) is 17.2 Å². The molecule has 2 N–H and O–H groups in total. The summed E-state index contributed by atoms with van der Waals surface area (Å²) < 4.78 is -0.378. The average Bonchev–Trinajstić information content (AvgIpc) is 2.74. The van der Waals surface area contributed by atoms with Crippen LogP contribution >= 0.6 is 11.8 Å². The topological polar surface area (TPSA) is 102 Å². The molecule has 0 aromatic heterocycles. The second-order valence-electron chi connectivity index (χ2n) is 6.29. The van der Waals surface area contributed by atoms with E-state index in [-0.39, 0.29) is 52.6 Å². The Morgan fingerprint density at radius 1 is 1.42 bits per heavy atom. The molecule has 2 saturated heterocycles. The van der Waals surface area contributed by atoms with Crippen LogP contribution in [-0.2, 0) is 4.79 Å². The molecule has 122 valence electrons. The fourth-order valence-electron chi connectivity index (χ4n) is 3.16. The Balaban J connectivity index is 0.00000156. The van der Waals surface area contributed by atoms with Crippen LogP contribution in [-0.4, -0.2) is 43.2 Å². The van der Waals surface area contributed by atoms with Crippen molar-refractivity contribution in [2.75, 3.05) is 0 Å². The van der Waals surface area contributed by atoms with Crippen LogP contribution in [0.4, 0.5) is 0 Å². The predicted octanol–water partition coefficient (Wildman–Crippen LogP) is -1.26. The summed E-state index contributed by atoms with van der Waals surface area (Å²) in [6.07, 6.45) is -1.01. The number of β-lactam (4-membered cyclic amide) rings is 1. The molecule has 1 amide bonds. The monoisotopic (exact) mass is 356 g/mol. The minimum absolute atomic E-state index is 0. The summed E-state index contributed by atoms with van der Waals surface area (Å²) in [5, 5.41) is 28.5. The van der Waals surface area contributed by atoms with Gasteiger partial charge in [0.2, 0.25) is 5.91 Å². The number of aliphatic hydroxyl groups excluding tert-OH is 1. The maximum absolute atomic E-state index is 12.4. The molecule has 24 heavy (non-hydrogen) atoms. The Bertz CT molecular complexity index is 722. The van der Waals surface area contributed by atoms with Crippen molar-refractivity contribution >= 4 is 23.6 Å². The van der Waals surface area contributed by atoms with Crippen LogP contribution in [0.25, 0.3) is 0 Å². The number of carboxylic acids is 1. The van der Waals surface area contributed by atoms with Gasteiger partial charge in [0.15, 0.2) is 0 Å². The van der Waals surface area contributed by atoms with Gasteiger partial charge in [0.25, 0.3) is 0 Å². The van der Waals surface area contributed by atoms with Crippen molar-refractivity contribution in [2.45, 2.75) is 36.1 Å². The number of hydrogen-bond acceptors (Lipinski definition) is 5. The first-order chi connectivity index (χ1) is 10.8. The third-order valence-corrected chi connectivity index (χ3v) is 6.04. The molecule has 0 saturated carbocycles. The Hall–Kier alpha value is -1.04. The van der Waals surface area contributed by atoms with Crippen LogP contribution < -0.4 is 29.6 Å². The molecule has 2 heterocycles. The molecule has 8 heteroatoms. The van der Waals surface area contributed by atoms with E-state index < -0.39 is 24.0 Å². The van der Waals surface area contributed by atoms with Crippen molar-refractivity contribution in [3.8, 4) is 6.07 Å². The molecule has 3 rings (SSSR count). The number of carbonyl (C=O) groups excluding carboxylic acids is 1. The molecule has 2 aliphatic heterocycles. The molecule has 2 aliphatic rings. The van der Waals surface area contributed by atoms with E-state index in [4.69, 9.17) is 5.11 Å². The predicted molar refractivity (Wildman–Crippen MR) is 84.7 cm³/mol. The minimum Gasteiger partial charge on any atom is -1.00 e. The van der Waals surface area contributed by atoms with Gasteiger partial charge in [0.05, 0.1) is 29.0 Å². The number of benzene rings is 1. The molecule has 0 bridgehead atoms. The van der Waals surface area contributed by atoms with Gasteiger partial charge in [-0.25, -0.2) is 4.79 Å². The number of nitrogens with zero attached hydrogens (tertiary/aromatic N) is 2. The minimum atomic E-state index is -1.04. The number of amides is 1. The van der Waals surface area contributed by atoms with E-state index in [1.54, 1.807) is 4.90 Å². The molecule has 4 unspecified atom stereocenters. The van der Waals surface area contributed by atoms with Crippen molar-refractivity contribution < 1.29 is 50.8 Å². The van der Waals surface area contributed by atoms with Gasteiger partial charge in [-0.05, 0) is 31.5 Å². The zero-order valence-electron chi connectivity index (χ0n) is 14.6. The average molecular weight is 356 g/mol. The Kier molecular flexibility index (Phi) is 5.38. The number of nitriles is 1. The maximum atomic E-state index is 12.4. The van der Waals surface area contributed by atoms with Crippen LogP contribution in [0.2, 0.25) is 0 Å². The second kappa shape index (κ2) is 6.70. The van der Waals surface area contributed by atoms with Gasteiger partial charge in [-0.1, -0.05) is 12.1 Å². The zero-order valence-corrected chi connectivity index (χ0v) is 16.4. The number of hydrogen-bond donors (Lipinski definition) is 2. The molecular formula is C16H17N2NaO4S. The third-order valence-electron chi connectivity index (χ3n) is 4.44. The van der Waals surface area contributed by atoms with Gasteiger partial charge in [-0.3, -0.25) is 4.79 Å². The van der Waals surface area contributed by atoms with E-state index in [9.17, 15) is 20.0 Å². The molecule has 0 aliphatic carbocycles. The first-order valence-electron chi connectivity index (χ1n) is 7.19. The maximum Gasteiger partial charge on any atom is 1.00 e. The summed E-state index contributed by atoms with van der Waals surface area (Å²) in [6.45, 7) is 3.84. The standard InChI is InChI=1S/C16H16N2O4S.Na.H/c1-16(2)10(7-17)18-13(20)11(14(18)23-16)12(19)8-3-5-9(6-4-8)15(21)22;;/h3-6,10-12,14,19H,1-2H3,(H,21,22);;/q;+1;-1. The SMILES string of the molecule is CC1(C)SC2C(C(O)c3ccc(C(=O)O)cc3)C(=O)N2C1C#N.[H-].[Na+]. The van der Waals surface area contributed by atoms with Crippen LogP contribution in [0.15, 0.2) is 24.3 Å². The number of rotatable bonds is 3. The van der Waals surface area contributed by atoms with Crippen molar-refractivity contribution in [3.05, 3.63) is 35.4 Å². The van der Waals surface area contributed by atoms with Gasteiger partial charge in [0.1, 0.15) is 6.04 Å². The number of carboxylic acid groups (broad SMARTS) is 1. The quantitative estimate of drug-likeness (QED) is 0.518. The third kappa shape index (κ3) is 2.87. The molecule has 0 radical (unpaired) electrons. The number of aliphatic hydroxyl groups is 1. The fourth-order valence-corrected chi connectivity index (χ4v) is 4.83. The van der Waals surface area contributed by atoms with Crippen molar-refractivity contribution in [3.63, 3.8) is 0 Å². The number of aromatic carboxylic acids is 1. The van der Waals surface area contributed by atoms with Crippen molar-refractivity contribution in [2.24, 2.45) is 5.92 Å². The Labute approximate surface area is 167 Å². The molecule has 2 fully saturated rings. The van der Waals surface area contributed by atoms with E-state index in [0.717, 1.165) is 0 Å². The second-order valence-corrected chi connectivity index (χ2v) is 8.06. The number of fused-ring (bicyclic) bond motifs is 1. The van der Waals surface area contributed by atoms with Gasteiger partial charge in [-0.2, -0.15) is 5.26 Å². The van der Waals surface area contributed by atoms with Gasteiger partial charge >= 0.3 is 35.5 Å². The van der Waals surface area contributed by atoms with E-state index in [0.29, 0.717) is 5.56 Å². The molecular weight excluding hydrogens is 339 g/mol. The number of carbonyl (C=O) groups is 2. The van der Waals surface area contributed by atoms with E-state index in [1.807, 2.05) is 13.8 Å². The molecule has 1 aromatic carbocycles. The van der Waals surface area contributed by atoms with Gasteiger partial charge in [0, 0.05) is 4.75 Å². The summed E-state index contributed by atoms with van der Waals surface area (Å²) in [6, 6.07) is 7.54. The smallest absolute Gasteiger partial charge is 1.00 e. The van der Waals surface area contributed by atoms with E-state index >= 15 is 0 Å². The van der Waals surface area contributed by atoms with Crippen LogP contribution in [0.5, 0.6) is 0 Å². The summed E-state index contributed by atoms with van der Waals surface area (Å²) >= 11 is 1.52. The normalized spacial score (nSPS) is 28.2. The Morgan fingerprint density at radius 2 is 2.00 bits per heavy atom. The zero-order chi connectivity index (χ0) is 16.9. The number of thioether (sulfide) groups is 1. The molecule has 1 aromatic rings. The van der Waals surface area contributed by atoms with E-state index in [2.05, 4.69) is 6.07 Å². The fraction of sp³-hybridized carbons (Fsp3) is 0.438. The first-order valence-corrected chi connectivity index (χ1v) is 8.07. The van der Waals surface area contributed by atoms with Crippen molar-refractivity contribution in [1.29, 1.82) is 5.26 Å². The first kappa shape index (κ1) is 19.3. The molecule has 4 atom stereocenters. The summed E-state index contributed by atoms with van der Waals surface area (Å²) in [5.74, 6) is -1.87. The molecule has 0 spiro atoms.